The Kier molecular flexibility index (Phi) is 8.85. The second kappa shape index (κ2) is 10.1. The minimum absolute atomic E-state index is 0. The van der Waals surface area contributed by atoms with Crippen molar-refractivity contribution in [1.82, 2.24) is 4.90 Å². The fourth-order valence-corrected chi connectivity index (χ4v) is 3.09. The minimum Gasteiger partial charge on any atom is -0.507 e. The highest BCUT2D eigenvalue weighted by molar-refractivity contribution is 8.93. The molecule has 0 unspecified atom stereocenters. The number of phenolic OH excluding ortho intramolecular Hbond substituents is 1. The SMILES string of the molecule is Br.CCCCCN1CCC(C(=O)CC)CC1.Oc1ccc2cc1-2. The van der Waals surface area contributed by atoms with E-state index in [1.807, 2.05) is 19.1 Å². The zero-order valence-electron chi connectivity index (χ0n) is 14.4. The monoisotopic (exact) mass is 383 g/mol. The first-order chi connectivity index (χ1) is 10.7. The van der Waals surface area contributed by atoms with Crippen molar-refractivity contribution >= 4 is 22.8 Å². The Morgan fingerprint density at radius 2 is 1.91 bits per heavy atom. The van der Waals surface area contributed by atoms with Crippen LogP contribution in [0.25, 0.3) is 11.1 Å². The van der Waals surface area contributed by atoms with Crippen LogP contribution in [0.5, 0.6) is 5.75 Å². The Balaban J connectivity index is 0.000000273. The number of fused-ring (bicyclic) bond motifs is 1. The smallest absolute Gasteiger partial charge is 0.135 e. The second-order valence-corrected chi connectivity index (χ2v) is 6.37. The zero-order valence-corrected chi connectivity index (χ0v) is 16.1. The molecule has 1 fully saturated rings. The number of piperidine rings is 1. The topological polar surface area (TPSA) is 40.5 Å². The number of hydrogen-bond donors (Lipinski definition) is 1. The van der Waals surface area contributed by atoms with Crippen molar-refractivity contribution in [3.05, 3.63) is 18.2 Å². The number of aromatic hydroxyl groups is 1. The molecule has 3 nitrogen and oxygen atoms in total. The zero-order chi connectivity index (χ0) is 15.9. The summed E-state index contributed by atoms with van der Waals surface area (Å²) in [6.07, 6.45) is 6.87. The molecule has 3 rings (SSSR count). The van der Waals surface area contributed by atoms with E-state index >= 15 is 0 Å². The van der Waals surface area contributed by atoms with Crippen molar-refractivity contribution in [3.63, 3.8) is 0 Å². The van der Waals surface area contributed by atoms with Crippen molar-refractivity contribution in [2.45, 2.75) is 52.4 Å². The van der Waals surface area contributed by atoms with Crippen LogP contribution in [0.4, 0.5) is 0 Å². The maximum Gasteiger partial charge on any atom is 0.135 e. The third kappa shape index (κ3) is 6.27. The van der Waals surface area contributed by atoms with Gasteiger partial charge in [-0.1, -0.05) is 32.8 Å². The molecule has 0 bridgehead atoms. The molecule has 2 aliphatic carbocycles. The fraction of sp³-hybridized carbons (Fsp3) is 0.632. The van der Waals surface area contributed by atoms with Crippen molar-refractivity contribution in [3.8, 4) is 16.9 Å². The van der Waals surface area contributed by atoms with Crippen molar-refractivity contribution in [2.75, 3.05) is 19.6 Å². The Hall–Kier alpha value is -0.870. The normalized spacial score (nSPS) is 16.1. The average Bonchev–Trinajstić information content (AvgIpc) is 3.25. The molecule has 23 heavy (non-hydrogen) atoms. The number of rotatable bonds is 6. The highest BCUT2D eigenvalue weighted by Crippen LogP contribution is 2.42. The van der Waals surface area contributed by atoms with Gasteiger partial charge in [-0.3, -0.25) is 4.79 Å². The number of phenols is 1. The third-order valence-electron chi connectivity index (χ3n) is 4.69. The molecule has 1 N–H and O–H groups in total. The number of hydrogen-bond acceptors (Lipinski definition) is 3. The van der Waals surface area contributed by atoms with Gasteiger partial charge in [-0.2, -0.15) is 0 Å². The second-order valence-electron chi connectivity index (χ2n) is 6.37. The van der Waals surface area contributed by atoms with Crippen LogP contribution in [-0.2, 0) is 4.79 Å². The Morgan fingerprint density at radius 1 is 1.22 bits per heavy atom. The van der Waals surface area contributed by atoms with E-state index in [0.717, 1.165) is 37.9 Å². The highest BCUT2D eigenvalue weighted by Gasteiger charge is 2.23. The predicted octanol–water partition coefficient (Wildman–Crippen LogP) is 4.82. The lowest BCUT2D eigenvalue weighted by Gasteiger charge is -2.31. The molecule has 1 heterocycles. The maximum absolute atomic E-state index is 11.5. The molecule has 0 amide bonds. The highest BCUT2D eigenvalue weighted by atomic mass is 79.9. The number of Topliss-reactive ketones (excluding diaryl/α,β-unsaturated/α-hetero) is 1. The summed E-state index contributed by atoms with van der Waals surface area (Å²) in [5.74, 6) is 1.27. The van der Waals surface area contributed by atoms with Crippen LogP contribution in [0.15, 0.2) is 18.2 Å². The van der Waals surface area contributed by atoms with E-state index in [1.54, 1.807) is 6.07 Å². The molecule has 0 aromatic carbocycles. The number of likely N-dealkylation sites (tertiary alicyclic amines) is 1. The molecular formula is C19H30BrNO2. The lowest BCUT2D eigenvalue weighted by Crippen LogP contribution is -2.36. The van der Waals surface area contributed by atoms with Gasteiger partial charge in [-0.15, -0.1) is 17.0 Å². The fourth-order valence-electron chi connectivity index (χ4n) is 3.09. The third-order valence-corrected chi connectivity index (χ3v) is 4.69. The first kappa shape index (κ1) is 20.2. The molecular weight excluding hydrogens is 354 g/mol. The summed E-state index contributed by atoms with van der Waals surface area (Å²) in [5.41, 5.74) is 2.22. The van der Waals surface area contributed by atoms with Crippen LogP contribution in [0.3, 0.4) is 0 Å². The van der Waals surface area contributed by atoms with Crippen LogP contribution in [0.2, 0.25) is 0 Å². The lowest BCUT2D eigenvalue weighted by atomic mass is 9.91. The van der Waals surface area contributed by atoms with Gasteiger partial charge in [-0.05, 0) is 56.6 Å². The largest absolute Gasteiger partial charge is 0.507 e. The Morgan fingerprint density at radius 3 is 2.30 bits per heavy atom. The quantitative estimate of drug-likeness (QED) is 0.726. The standard InChI is InChI=1S/C13H25NO.C6H4O.BrH/c1-3-5-6-9-14-10-7-12(8-11-14)13(15)4-2;7-6-2-1-4-3-5(4)6;/h12H,3-11H2,1-2H3;1-3,7H;1H. The summed E-state index contributed by atoms with van der Waals surface area (Å²) in [6, 6.07) is 5.57. The van der Waals surface area contributed by atoms with Gasteiger partial charge in [0, 0.05) is 17.9 Å². The average molecular weight is 384 g/mol. The van der Waals surface area contributed by atoms with E-state index in [1.165, 1.54) is 31.4 Å². The maximum atomic E-state index is 11.5. The molecule has 1 aliphatic heterocycles. The van der Waals surface area contributed by atoms with Gasteiger partial charge >= 0.3 is 0 Å². The number of ketones is 1. The molecule has 0 radical (unpaired) electrons. The van der Waals surface area contributed by atoms with Gasteiger partial charge < -0.3 is 10.0 Å². The molecule has 0 aromatic rings. The first-order valence-corrected chi connectivity index (χ1v) is 8.74. The minimum atomic E-state index is 0. The molecule has 3 aliphatic rings. The lowest BCUT2D eigenvalue weighted by molar-refractivity contribution is -0.123. The molecule has 0 aromatic heterocycles. The van der Waals surface area contributed by atoms with E-state index in [-0.39, 0.29) is 17.0 Å². The summed E-state index contributed by atoms with van der Waals surface area (Å²) < 4.78 is 0. The van der Waals surface area contributed by atoms with E-state index in [9.17, 15) is 4.79 Å². The van der Waals surface area contributed by atoms with Crippen molar-refractivity contribution in [1.29, 1.82) is 0 Å². The van der Waals surface area contributed by atoms with Gasteiger partial charge in [0.15, 0.2) is 0 Å². The van der Waals surface area contributed by atoms with Gasteiger partial charge in [0.1, 0.15) is 11.5 Å². The number of benzene rings is 1. The van der Waals surface area contributed by atoms with Crippen molar-refractivity contribution in [2.24, 2.45) is 5.92 Å². The number of carbonyl (C=O) groups is 1. The van der Waals surface area contributed by atoms with Crippen LogP contribution >= 0.6 is 17.0 Å². The molecule has 0 atom stereocenters. The molecule has 4 heteroatoms. The van der Waals surface area contributed by atoms with Crippen LogP contribution in [0, 0.1) is 5.92 Å². The molecule has 0 saturated carbocycles. The Labute approximate surface area is 150 Å². The first-order valence-electron chi connectivity index (χ1n) is 8.74. The predicted molar refractivity (Wildman–Crippen MR) is 101 cm³/mol. The summed E-state index contributed by atoms with van der Waals surface area (Å²) >= 11 is 0. The summed E-state index contributed by atoms with van der Waals surface area (Å²) in [5, 5.41) is 8.78. The number of unbranched alkanes of at least 4 members (excludes halogenated alkanes) is 2. The van der Waals surface area contributed by atoms with E-state index < -0.39 is 0 Å². The van der Waals surface area contributed by atoms with E-state index in [0.29, 0.717) is 17.5 Å². The van der Waals surface area contributed by atoms with Crippen molar-refractivity contribution < 1.29 is 9.90 Å². The number of nitrogens with zero attached hydrogens (tertiary/aromatic N) is 1. The van der Waals surface area contributed by atoms with Gasteiger partial charge in [0.25, 0.3) is 0 Å². The number of carbonyl (C=O) groups excluding carboxylic acids is 1. The number of halogens is 1. The Bertz CT molecular complexity index is 496. The summed E-state index contributed by atoms with van der Waals surface area (Å²) in [6.45, 7) is 7.74. The molecule has 130 valence electrons. The van der Waals surface area contributed by atoms with Gasteiger partial charge in [-0.25, -0.2) is 0 Å². The van der Waals surface area contributed by atoms with Gasteiger partial charge in [0.2, 0.25) is 0 Å². The van der Waals surface area contributed by atoms with E-state index in [4.69, 9.17) is 5.11 Å². The van der Waals surface area contributed by atoms with Crippen LogP contribution in [0.1, 0.15) is 52.4 Å². The van der Waals surface area contributed by atoms with Crippen LogP contribution < -0.4 is 0 Å². The van der Waals surface area contributed by atoms with E-state index in [2.05, 4.69) is 11.8 Å². The summed E-state index contributed by atoms with van der Waals surface area (Å²) in [7, 11) is 0. The van der Waals surface area contributed by atoms with Gasteiger partial charge in [0.05, 0.1) is 0 Å². The summed E-state index contributed by atoms with van der Waals surface area (Å²) in [4.78, 5) is 14.0. The van der Waals surface area contributed by atoms with Crippen LogP contribution in [-0.4, -0.2) is 35.4 Å². The molecule has 1 saturated heterocycles. The molecule has 0 spiro atoms.